The predicted molar refractivity (Wildman–Crippen MR) is 148 cm³/mol. The normalized spacial score (nSPS) is 22.8. The van der Waals surface area contributed by atoms with Gasteiger partial charge in [0.1, 0.15) is 5.82 Å². The number of nitrogens with zero attached hydrogens (tertiary/aromatic N) is 3. The van der Waals surface area contributed by atoms with Crippen LogP contribution >= 0.6 is 0 Å². The summed E-state index contributed by atoms with van der Waals surface area (Å²) in [6.45, 7) is 3.98. The fourth-order valence-electron chi connectivity index (χ4n) is 6.44. The first-order valence-corrected chi connectivity index (χ1v) is 14.8. The van der Waals surface area contributed by atoms with Crippen LogP contribution in [-0.2, 0) is 24.9 Å². The van der Waals surface area contributed by atoms with E-state index in [4.69, 9.17) is 9.47 Å². The van der Waals surface area contributed by atoms with Crippen molar-refractivity contribution in [2.45, 2.75) is 18.3 Å². The van der Waals surface area contributed by atoms with Crippen molar-refractivity contribution < 1.29 is 22.3 Å². The summed E-state index contributed by atoms with van der Waals surface area (Å²) in [5.41, 5.74) is 4.92. The van der Waals surface area contributed by atoms with Crippen LogP contribution in [0.2, 0.25) is 0 Å². The summed E-state index contributed by atoms with van der Waals surface area (Å²) in [5.74, 6) is 0.0957. The highest BCUT2D eigenvalue weighted by Crippen LogP contribution is 2.70. The number of ether oxygens (including phenoxy) is 2. The average Bonchev–Trinajstić information content (AvgIpc) is 3.19. The Bertz CT molecular complexity index is 1590. The summed E-state index contributed by atoms with van der Waals surface area (Å²) in [6, 6.07) is 21.0. The van der Waals surface area contributed by atoms with Gasteiger partial charge in [0.05, 0.1) is 43.0 Å². The smallest absolute Gasteiger partial charge is 0.216 e. The van der Waals surface area contributed by atoms with Crippen molar-refractivity contribution in [3.63, 3.8) is 0 Å². The molecule has 0 N–H and O–H groups in total. The Morgan fingerprint density at radius 2 is 1.82 bits per heavy atom. The number of benzene rings is 3. The lowest BCUT2D eigenvalue weighted by atomic mass is 9.87. The Morgan fingerprint density at radius 1 is 1.05 bits per heavy atom. The molecule has 0 bridgehead atoms. The van der Waals surface area contributed by atoms with E-state index in [1.165, 1.54) is 23.3 Å². The minimum atomic E-state index is -3.47. The molecule has 2 heterocycles. The Morgan fingerprint density at radius 3 is 2.56 bits per heavy atom. The van der Waals surface area contributed by atoms with E-state index in [9.17, 15) is 12.8 Å². The van der Waals surface area contributed by atoms with Crippen LogP contribution in [0, 0.1) is 18.7 Å². The van der Waals surface area contributed by atoms with Gasteiger partial charge in [-0.15, -0.1) is 0 Å². The molecule has 1 aliphatic heterocycles. The number of hydrogen-bond acceptors (Lipinski definition) is 5. The van der Waals surface area contributed by atoms with Gasteiger partial charge in [0.2, 0.25) is 10.0 Å². The standard InChI is InChI=1S/C30H32FN3O4S/c1-21-16-28-23(18-32-34(28)25-10-8-24(31)9-11-25)17-26(21)30-20-33(39(35,36)15-14-38-13-12-37-2)19-27(30)29(30)22-6-4-3-5-7-22/h3-11,16-18,27,29H,12-15,19-20H2,1-2H3. The zero-order valence-electron chi connectivity index (χ0n) is 22.1. The minimum Gasteiger partial charge on any atom is -0.382 e. The molecular weight excluding hydrogens is 517 g/mol. The summed E-state index contributed by atoms with van der Waals surface area (Å²) >= 11 is 0. The molecule has 204 valence electrons. The molecule has 0 spiro atoms. The quantitative estimate of drug-likeness (QED) is 0.274. The number of halogens is 1. The van der Waals surface area contributed by atoms with E-state index in [0.29, 0.717) is 26.3 Å². The van der Waals surface area contributed by atoms with Gasteiger partial charge in [-0.2, -0.15) is 5.10 Å². The molecule has 7 nitrogen and oxygen atoms in total. The minimum absolute atomic E-state index is 0.0437. The number of aryl methyl sites for hydroxylation is 1. The van der Waals surface area contributed by atoms with Gasteiger partial charge in [-0.05, 0) is 65.9 Å². The number of fused-ring (bicyclic) bond motifs is 2. The third-order valence-electron chi connectivity index (χ3n) is 8.30. The largest absolute Gasteiger partial charge is 0.382 e. The first-order chi connectivity index (χ1) is 18.8. The Labute approximate surface area is 228 Å². The third-order valence-corrected chi connectivity index (χ3v) is 10.1. The molecule has 0 radical (unpaired) electrons. The second kappa shape index (κ2) is 10.1. The number of sulfonamides is 1. The molecule has 3 unspecified atom stereocenters. The Kier molecular flexibility index (Phi) is 6.79. The number of methoxy groups -OCH3 is 1. The molecule has 4 aromatic rings. The second-order valence-electron chi connectivity index (χ2n) is 10.5. The molecule has 3 aromatic carbocycles. The van der Waals surface area contributed by atoms with E-state index < -0.39 is 10.0 Å². The molecule has 2 aliphatic rings. The molecule has 3 atom stereocenters. The van der Waals surface area contributed by atoms with E-state index in [0.717, 1.165) is 22.2 Å². The lowest BCUT2D eigenvalue weighted by molar-refractivity contribution is 0.0782. The van der Waals surface area contributed by atoms with E-state index in [1.807, 2.05) is 29.1 Å². The van der Waals surface area contributed by atoms with Gasteiger partial charge in [0.25, 0.3) is 0 Å². The maximum absolute atomic E-state index is 13.5. The van der Waals surface area contributed by atoms with Gasteiger partial charge in [-0.25, -0.2) is 21.8 Å². The number of rotatable bonds is 10. The zero-order valence-corrected chi connectivity index (χ0v) is 22.9. The summed E-state index contributed by atoms with van der Waals surface area (Å²) in [5, 5.41) is 5.56. The monoisotopic (exact) mass is 549 g/mol. The van der Waals surface area contributed by atoms with Crippen LogP contribution in [0.4, 0.5) is 4.39 Å². The number of aromatic nitrogens is 2. The first kappa shape index (κ1) is 26.1. The lowest BCUT2D eigenvalue weighted by Gasteiger charge is -2.25. The van der Waals surface area contributed by atoms with Crippen molar-refractivity contribution in [2.75, 3.05) is 45.8 Å². The zero-order chi connectivity index (χ0) is 27.2. The first-order valence-electron chi connectivity index (χ1n) is 13.2. The summed E-state index contributed by atoms with van der Waals surface area (Å²) in [4.78, 5) is 0. The number of piperidine rings is 1. The average molecular weight is 550 g/mol. The van der Waals surface area contributed by atoms with Crippen LogP contribution in [0.15, 0.2) is 72.9 Å². The fourth-order valence-corrected chi connectivity index (χ4v) is 7.82. The van der Waals surface area contributed by atoms with Crippen molar-refractivity contribution in [3.8, 4) is 5.69 Å². The molecule has 6 rings (SSSR count). The number of hydrogen-bond donors (Lipinski definition) is 0. The highest BCUT2D eigenvalue weighted by atomic mass is 32.2. The van der Waals surface area contributed by atoms with Gasteiger partial charge in [0.15, 0.2) is 0 Å². The topological polar surface area (TPSA) is 73.7 Å². The Hall–Kier alpha value is -3.11. The highest BCUT2D eigenvalue weighted by molar-refractivity contribution is 7.89. The maximum atomic E-state index is 13.5. The summed E-state index contributed by atoms with van der Waals surface area (Å²) in [6.07, 6.45) is 1.83. The third kappa shape index (κ3) is 4.57. The van der Waals surface area contributed by atoms with Crippen LogP contribution in [0.3, 0.4) is 0 Å². The second-order valence-corrected chi connectivity index (χ2v) is 12.6. The van der Waals surface area contributed by atoms with Gasteiger partial charge in [0, 0.05) is 36.9 Å². The fraction of sp³-hybridized carbons (Fsp3) is 0.367. The van der Waals surface area contributed by atoms with Crippen molar-refractivity contribution in [2.24, 2.45) is 5.92 Å². The molecule has 1 saturated heterocycles. The maximum Gasteiger partial charge on any atom is 0.216 e. The SMILES string of the molecule is COCCOCCS(=O)(=O)N1CC2C(c3ccccc3)C2(c2cc3cnn(-c4ccc(F)cc4)c3cc2C)C1. The lowest BCUT2D eigenvalue weighted by Crippen LogP contribution is -2.37. The van der Waals surface area contributed by atoms with Crippen molar-refractivity contribution in [3.05, 3.63) is 95.4 Å². The van der Waals surface area contributed by atoms with Crippen LogP contribution in [0.5, 0.6) is 0 Å². The molecule has 0 amide bonds. The van der Waals surface area contributed by atoms with Crippen LogP contribution in [0.25, 0.3) is 16.6 Å². The van der Waals surface area contributed by atoms with Crippen LogP contribution in [-0.4, -0.2) is 68.3 Å². The molecule has 1 aromatic heterocycles. The van der Waals surface area contributed by atoms with Gasteiger partial charge < -0.3 is 9.47 Å². The Balaban J connectivity index is 1.34. The van der Waals surface area contributed by atoms with Gasteiger partial charge in [-0.3, -0.25) is 0 Å². The van der Waals surface area contributed by atoms with E-state index in [-0.39, 0.29) is 35.4 Å². The van der Waals surface area contributed by atoms with E-state index in [1.54, 1.807) is 23.5 Å². The van der Waals surface area contributed by atoms with Crippen molar-refractivity contribution >= 4 is 20.9 Å². The molecule has 1 aliphatic carbocycles. The molecule has 9 heteroatoms. The molecule has 1 saturated carbocycles. The van der Waals surface area contributed by atoms with Gasteiger partial charge >= 0.3 is 0 Å². The molecule has 39 heavy (non-hydrogen) atoms. The molecule has 2 fully saturated rings. The van der Waals surface area contributed by atoms with Crippen molar-refractivity contribution in [1.29, 1.82) is 0 Å². The van der Waals surface area contributed by atoms with E-state index in [2.05, 4.69) is 36.3 Å². The van der Waals surface area contributed by atoms with E-state index >= 15 is 0 Å². The van der Waals surface area contributed by atoms with Crippen molar-refractivity contribution in [1.82, 2.24) is 14.1 Å². The highest BCUT2D eigenvalue weighted by Gasteiger charge is 2.71. The van der Waals surface area contributed by atoms with Gasteiger partial charge in [-0.1, -0.05) is 30.3 Å². The molecular formula is C30H32FN3O4S. The predicted octanol–water partition coefficient (Wildman–Crippen LogP) is 4.43. The summed E-state index contributed by atoms with van der Waals surface area (Å²) < 4.78 is 54.0. The van der Waals surface area contributed by atoms with Crippen LogP contribution in [0.1, 0.15) is 22.6 Å². The summed E-state index contributed by atoms with van der Waals surface area (Å²) in [7, 11) is -1.88. The van der Waals surface area contributed by atoms with Crippen LogP contribution < -0.4 is 0 Å².